The molecule has 0 saturated heterocycles. The molecule has 122 valence electrons. The van der Waals surface area contributed by atoms with Crippen molar-refractivity contribution >= 4 is 33.6 Å². The van der Waals surface area contributed by atoms with Gasteiger partial charge >= 0.3 is 0 Å². The highest BCUT2D eigenvalue weighted by Gasteiger charge is 2.26. The van der Waals surface area contributed by atoms with Crippen LogP contribution in [0.15, 0.2) is 51.8 Å². The standard InChI is InChI=1S/C18H21BrN2OS/c1-21-16-7-4-3-6-14(16)18(20-10-5-11-22-2)15-9-8-13(19)12-17(15)23-21/h3-4,6-9,12,18,20H,5,10-11H2,1-2H3. The molecular formula is C18H21BrN2OS. The van der Waals surface area contributed by atoms with Crippen LogP contribution < -0.4 is 9.62 Å². The number of nitrogens with zero attached hydrogens (tertiary/aromatic N) is 1. The van der Waals surface area contributed by atoms with Crippen molar-refractivity contribution in [2.24, 2.45) is 0 Å². The largest absolute Gasteiger partial charge is 0.385 e. The first-order valence-electron chi connectivity index (χ1n) is 7.73. The van der Waals surface area contributed by atoms with Crippen molar-refractivity contribution in [1.82, 2.24) is 5.32 Å². The van der Waals surface area contributed by atoms with E-state index in [0.29, 0.717) is 0 Å². The van der Waals surface area contributed by atoms with E-state index in [1.165, 1.54) is 21.7 Å². The Morgan fingerprint density at radius 3 is 2.87 bits per heavy atom. The fourth-order valence-electron chi connectivity index (χ4n) is 2.89. The molecule has 1 N–H and O–H groups in total. The van der Waals surface area contributed by atoms with Crippen molar-refractivity contribution < 1.29 is 4.74 Å². The number of para-hydroxylation sites is 1. The van der Waals surface area contributed by atoms with E-state index in [2.05, 4.69) is 75.1 Å². The van der Waals surface area contributed by atoms with Gasteiger partial charge in [0.1, 0.15) is 0 Å². The van der Waals surface area contributed by atoms with Gasteiger partial charge in [-0.1, -0.05) is 40.2 Å². The Labute approximate surface area is 150 Å². The zero-order valence-corrected chi connectivity index (χ0v) is 15.8. The molecular weight excluding hydrogens is 372 g/mol. The van der Waals surface area contributed by atoms with Crippen LogP contribution in [0.4, 0.5) is 5.69 Å². The predicted octanol–water partition coefficient (Wildman–Crippen LogP) is 4.62. The molecule has 2 aromatic carbocycles. The summed E-state index contributed by atoms with van der Waals surface area (Å²) in [6, 6.07) is 15.4. The van der Waals surface area contributed by atoms with Gasteiger partial charge in [0.05, 0.1) is 11.7 Å². The third-order valence-corrected chi connectivity index (χ3v) is 5.50. The first-order valence-corrected chi connectivity index (χ1v) is 9.29. The van der Waals surface area contributed by atoms with Crippen LogP contribution in [0.1, 0.15) is 23.6 Å². The van der Waals surface area contributed by atoms with Crippen LogP contribution in [0.25, 0.3) is 0 Å². The van der Waals surface area contributed by atoms with Gasteiger partial charge in [-0.15, -0.1) is 0 Å². The number of nitrogens with one attached hydrogen (secondary N) is 1. The third kappa shape index (κ3) is 3.74. The van der Waals surface area contributed by atoms with Gasteiger partial charge in [-0.25, -0.2) is 0 Å². The minimum atomic E-state index is 0.198. The van der Waals surface area contributed by atoms with Crippen molar-refractivity contribution in [2.45, 2.75) is 17.4 Å². The molecule has 3 rings (SSSR count). The van der Waals surface area contributed by atoms with E-state index in [-0.39, 0.29) is 6.04 Å². The maximum atomic E-state index is 5.17. The molecule has 0 amide bonds. The molecule has 5 heteroatoms. The second kappa shape index (κ2) is 7.71. The van der Waals surface area contributed by atoms with E-state index in [4.69, 9.17) is 4.74 Å². The number of benzene rings is 2. The van der Waals surface area contributed by atoms with Gasteiger partial charge in [0.15, 0.2) is 0 Å². The molecule has 0 aliphatic carbocycles. The SMILES string of the molecule is COCCCNC1c2ccc(Br)cc2SN(C)c2ccccc21. The summed E-state index contributed by atoms with van der Waals surface area (Å²) in [6.07, 6.45) is 1.00. The molecule has 0 saturated carbocycles. The lowest BCUT2D eigenvalue weighted by Crippen LogP contribution is -2.25. The third-order valence-electron chi connectivity index (χ3n) is 3.98. The lowest BCUT2D eigenvalue weighted by atomic mass is 9.97. The van der Waals surface area contributed by atoms with Crippen LogP contribution in [0.2, 0.25) is 0 Å². The molecule has 1 heterocycles. The van der Waals surface area contributed by atoms with Crippen LogP contribution in [0.5, 0.6) is 0 Å². The highest BCUT2D eigenvalue weighted by molar-refractivity contribution is 9.10. The quantitative estimate of drug-likeness (QED) is 0.592. The lowest BCUT2D eigenvalue weighted by molar-refractivity contribution is 0.193. The monoisotopic (exact) mass is 392 g/mol. The summed E-state index contributed by atoms with van der Waals surface area (Å²) in [5.74, 6) is 0. The number of hydrogen-bond donors (Lipinski definition) is 1. The maximum Gasteiger partial charge on any atom is 0.0609 e. The second-order valence-electron chi connectivity index (χ2n) is 5.56. The highest BCUT2D eigenvalue weighted by Crippen LogP contribution is 2.43. The molecule has 23 heavy (non-hydrogen) atoms. The first kappa shape index (κ1) is 16.8. The average Bonchev–Trinajstić information content (AvgIpc) is 2.66. The summed E-state index contributed by atoms with van der Waals surface area (Å²) < 4.78 is 8.53. The summed E-state index contributed by atoms with van der Waals surface area (Å²) in [5, 5.41) is 3.71. The molecule has 0 aromatic heterocycles. The van der Waals surface area contributed by atoms with Crippen LogP contribution in [0, 0.1) is 0 Å². The van der Waals surface area contributed by atoms with Gasteiger partial charge in [-0.2, -0.15) is 0 Å². The van der Waals surface area contributed by atoms with E-state index in [0.717, 1.165) is 24.0 Å². The highest BCUT2D eigenvalue weighted by atomic mass is 79.9. The number of ether oxygens (including phenoxy) is 1. The Hall–Kier alpha value is -1.01. The molecule has 0 radical (unpaired) electrons. The number of hydrogen-bond acceptors (Lipinski definition) is 4. The van der Waals surface area contributed by atoms with E-state index in [9.17, 15) is 0 Å². The van der Waals surface area contributed by atoms with E-state index in [1.807, 2.05) is 0 Å². The second-order valence-corrected chi connectivity index (χ2v) is 7.65. The Kier molecular flexibility index (Phi) is 5.64. The van der Waals surface area contributed by atoms with E-state index in [1.54, 1.807) is 19.1 Å². The van der Waals surface area contributed by atoms with Crippen molar-refractivity contribution in [1.29, 1.82) is 0 Å². The van der Waals surface area contributed by atoms with Gasteiger partial charge in [0.25, 0.3) is 0 Å². The van der Waals surface area contributed by atoms with Crippen molar-refractivity contribution in [3.05, 3.63) is 58.1 Å². The number of anilines is 1. The Bertz CT molecular complexity index is 680. The summed E-state index contributed by atoms with van der Waals surface area (Å²) in [4.78, 5) is 1.28. The molecule has 3 nitrogen and oxygen atoms in total. The zero-order chi connectivity index (χ0) is 16.2. The van der Waals surface area contributed by atoms with Gasteiger partial charge in [-0.3, -0.25) is 0 Å². The zero-order valence-electron chi connectivity index (χ0n) is 13.4. The minimum absolute atomic E-state index is 0.198. The minimum Gasteiger partial charge on any atom is -0.385 e. The van der Waals surface area contributed by atoms with Gasteiger partial charge in [0.2, 0.25) is 0 Å². The number of rotatable bonds is 5. The Morgan fingerprint density at radius 1 is 1.22 bits per heavy atom. The molecule has 1 unspecified atom stereocenters. The topological polar surface area (TPSA) is 24.5 Å². The molecule has 1 atom stereocenters. The maximum absolute atomic E-state index is 5.17. The predicted molar refractivity (Wildman–Crippen MR) is 101 cm³/mol. The van der Waals surface area contributed by atoms with Crippen LogP contribution >= 0.6 is 27.9 Å². The van der Waals surface area contributed by atoms with Crippen LogP contribution in [-0.4, -0.2) is 27.3 Å². The number of fused-ring (bicyclic) bond motifs is 2. The normalized spacial score (nSPS) is 16.7. The van der Waals surface area contributed by atoms with Gasteiger partial charge in [0, 0.05) is 30.1 Å². The van der Waals surface area contributed by atoms with Gasteiger partial charge in [-0.05, 0) is 54.2 Å². The lowest BCUT2D eigenvalue weighted by Gasteiger charge is -2.22. The summed E-state index contributed by atoms with van der Waals surface area (Å²) >= 11 is 5.37. The molecule has 2 aromatic rings. The Balaban J connectivity index is 1.99. The van der Waals surface area contributed by atoms with Crippen LogP contribution in [-0.2, 0) is 4.74 Å². The fraction of sp³-hybridized carbons (Fsp3) is 0.333. The number of halogens is 1. The van der Waals surface area contributed by atoms with Crippen molar-refractivity contribution in [3.63, 3.8) is 0 Å². The van der Waals surface area contributed by atoms with Crippen molar-refractivity contribution in [2.75, 3.05) is 31.6 Å². The molecule has 0 fully saturated rings. The fourth-order valence-corrected chi connectivity index (χ4v) is 4.43. The van der Waals surface area contributed by atoms with Crippen molar-refractivity contribution in [3.8, 4) is 0 Å². The van der Waals surface area contributed by atoms with E-state index < -0.39 is 0 Å². The first-order chi connectivity index (χ1) is 11.2. The molecule has 0 bridgehead atoms. The molecule has 1 aliphatic heterocycles. The van der Waals surface area contributed by atoms with Gasteiger partial charge < -0.3 is 14.4 Å². The number of methoxy groups -OCH3 is 1. The van der Waals surface area contributed by atoms with E-state index >= 15 is 0 Å². The average molecular weight is 393 g/mol. The summed E-state index contributed by atoms with van der Waals surface area (Å²) in [6.45, 7) is 1.71. The smallest absolute Gasteiger partial charge is 0.0609 e. The molecule has 1 aliphatic rings. The molecule has 0 spiro atoms. The van der Waals surface area contributed by atoms with Crippen LogP contribution in [0.3, 0.4) is 0 Å². The summed E-state index contributed by atoms with van der Waals surface area (Å²) in [7, 11) is 3.88. The Morgan fingerprint density at radius 2 is 2.04 bits per heavy atom. The summed E-state index contributed by atoms with van der Waals surface area (Å²) in [5.41, 5.74) is 3.91.